The number of aromatic nitrogens is 2. The molecule has 3 aromatic rings. The molecule has 0 saturated heterocycles. The highest BCUT2D eigenvalue weighted by molar-refractivity contribution is 7.15. The minimum absolute atomic E-state index is 0.0742. The predicted octanol–water partition coefficient (Wildman–Crippen LogP) is 5.58. The second kappa shape index (κ2) is 12.7. The van der Waals surface area contributed by atoms with Gasteiger partial charge in [-0.3, -0.25) is 10.1 Å². The third-order valence-corrected chi connectivity index (χ3v) is 6.35. The van der Waals surface area contributed by atoms with Crippen LogP contribution < -0.4 is 19.5 Å². The molecule has 1 N–H and O–H groups in total. The lowest BCUT2D eigenvalue weighted by Gasteiger charge is -2.13. The number of nitriles is 1. The Labute approximate surface area is 221 Å². The summed E-state index contributed by atoms with van der Waals surface area (Å²) in [5, 5.41) is 21.4. The number of rotatable bonds is 11. The molecule has 1 heterocycles. The molecule has 8 nitrogen and oxygen atoms in total. The molecule has 0 radical (unpaired) electrons. The van der Waals surface area contributed by atoms with E-state index in [1.807, 2.05) is 57.2 Å². The Balaban J connectivity index is 1.63. The number of amides is 1. The monoisotopic (exact) mass is 518 g/mol. The summed E-state index contributed by atoms with van der Waals surface area (Å²) in [6.45, 7) is 10.5. The lowest BCUT2D eigenvalue weighted by molar-refractivity contribution is -0.112. The van der Waals surface area contributed by atoms with E-state index in [0.717, 1.165) is 22.7 Å². The van der Waals surface area contributed by atoms with E-state index in [-0.39, 0.29) is 11.0 Å². The number of hydrogen-bond donors (Lipinski definition) is 1. The molecular weight excluding hydrogens is 488 g/mol. The van der Waals surface area contributed by atoms with E-state index in [2.05, 4.69) is 22.1 Å². The number of hydrogen-bond acceptors (Lipinski definition) is 8. The summed E-state index contributed by atoms with van der Waals surface area (Å²) in [5.74, 6) is 1.22. The van der Waals surface area contributed by atoms with Crippen molar-refractivity contribution in [3.63, 3.8) is 0 Å². The fraction of sp³-hybridized carbons (Fsp3) is 0.286. The largest absolute Gasteiger partial charge is 0.493 e. The summed E-state index contributed by atoms with van der Waals surface area (Å²) < 4.78 is 17.2. The van der Waals surface area contributed by atoms with Crippen LogP contribution in [0.2, 0.25) is 0 Å². The van der Waals surface area contributed by atoms with Crippen LogP contribution in [0.4, 0.5) is 5.13 Å². The first-order valence-electron chi connectivity index (χ1n) is 11.6. The Bertz CT molecular complexity index is 1320. The Hall–Kier alpha value is -4.16. The van der Waals surface area contributed by atoms with Crippen LogP contribution in [0.25, 0.3) is 6.08 Å². The van der Waals surface area contributed by atoms with Crippen molar-refractivity contribution in [2.75, 3.05) is 25.6 Å². The molecule has 37 heavy (non-hydrogen) atoms. The van der Waals surface area contributed by atoms with Crippen molar-refractivity contribution in [3.05, 3.63) is 76.8 Å². The predicted molar refractivity (Wildman–Crippen MR) is 145 cm³/mol. The van der Waals surface area contributed by atoms with Crippen LogP contribution in [0, 0.1) is 11.3 Å². The van der Waals surface area contributed by atoms with Crippen molar-refractivity contribution in [3.8, 4) is 23.3 Å². The number of nitrogens with zero attached hydrogens (tertiary/aromatic N) is 3. The van der Waals surface area contributed by atoms with Crippen molar-refractivity contribution in [2.45, 2.75) is 32.6 Å². The van der Waals surface area contributed by atoms with Crippen molar-refractivity contribution >= 4 is 28.5 Å². The molecule has 1 aromatic heterocycles. The number of benzene rings is 2. The number of methoxy groups -OCH3 is 1. The van der Waals surface area contributed by atoms with Crippen LogP contribution >= 0.6 is 11.3 Å². The summed E-state index contributed by atoms with van der Waals surface area (Å²) in [7, 11) is 1.53. The van der Waals surface area contributed by atoms with E-state index in [9.17, 15) is 10.1 Å². The molecule has 1 amide bonds. The molecule has 0 fully saturated rings. The Morgan fingerprint density at radius 1 is 1.11 bits per heavy atom. The third-order valence-electron chi connectivity index (χ3n) is 5.09. The number of carbonyl (C=O) groups is 1. The van der Waals surface area contributed by atoms with Gasteiger partial charge < -0.3 is 14.2 Å². The molecule has 192 valence electrons. The minimum atomic E-state index is -0.563. The maximum atomic E-state index is 12.6. The standard InChI is InChI=1S/C28H30N4O4S/c1-6-9-20-10-7-8-11-22(20)35-14-15-36-23-13-12-19(17-24(23)34-5)16-21(18-29)25(33)30-27-32-31-26(37-27)28(2,3)4/h6-8,10-13,16-17H,1,9,14-15H2,2-5H3,(H,30,32,33)/b21-16+. The van der Waals surface area contributed by atoms with E-state index in [1.165, 1.54) is 24.5 Å². The number of carbonyl (C=O) groups excluding carboxylic acids is 1. The van der Waals surface area contributed by atoms with E-state index in [4.69, 9.17) is 14.2 Å². The maximum Gasteiger partial charge on any atom is 0.268 e. The topological polar surface area (TPSA) is 106 Å². The molecule has 0 saturated carbocycles. The van der Waals surface area contributed by atoms with Gasteiger partial charge in [0.1, 0.15) is 35.6 Å². The fourth-order valence-electron chi connectivity index (χ4n) is 3.22. The smallest absolute Gasteiger partial charge is 0.268 e. The van der Waals surface area contributed by atoms with Crippen molar-refractivity contribution in [1.29, 1.82) is 5.26 Å². The normalized spacial score (nSPS) is 11.4. The van der Waals surface area contributed by atoms with Crippen molar-refractivity contribution < 1.29 is 19.0 Å². The Morgan fingerprint density at radius 3 is 2.49 bits per heavy atom. The van der Waals surface area contributed by atoms with E-state index >= 15 is 0 Å². The van der Waals surface area contributed by atoms with Gasteiger partial charge in [0.05, 0.1) is 7.11 Å². The lowest BCUT2D eigenvalue weighted by atomic mass is 9.98. The van der Waals surface area contributed by atoms with Gasteiger partial charge in [0.15, 0.2) is 11.5 Å². The van der Waals surface area contributed by atoms with Crippen LogP contribution in [-0.4, -0.2) is 36.4 Å². The molecule has 0 aliphatic carbocycles. The average Bonchev–Trinajstić information content (AvgIpc) is 3.35. The average molecular weight is 519 g/mol. The van der Waals surface area contributed by atoms with E-state index in [1.54, 1.807) is 18.2 Å². The Morgan fingerprint density at radius 2 is 1.84 bits per heavy atom. The van der Waals surface area contributed by atoms with E-state index < -0.39 is 5.91 Å². The minimum Gasteiger partial charge on any atom is -0.493 e. The lowest BCUT2D eigenvalue weighted by Crippen LogP contribution is -2.13. The number of allylic oxidation sites excluding steroid dienone is 1. The zero-order chi connectivity index (χ0) is 26.8. The van der Waals surface area contributed by atoms with Gasteiger partial charge in [-0.05, 0) is 41.8 Å². The molecule has 0 aliphatic rings. The van der Waals surface area contributed by atoms with Crippen LogP contribution in [0.1, 0.15) is 36.9 Å². The number of para-hydroxylation sites is 1. The van der Waals surface area contributed by atoms with E-state index in [0.29, 0.717) is 35.4 Å². The summed E-state index contributed by atoms with van der Waals surface area (Å²) in [5.41, 5.74) is 1.41. The zero-order valence-electron chi connectivity index (χ0n) is 21.4. The molecule has 3 rings (SSSR count). The van der Waals surface area contributed by atoms with Crippen LogP contribution in [0.3, 0.4) is 0 Å². The molecule has 0 bridgehead atoms. The number of anilines is 1. The van der Waals surface area contributed by atoms with Crippen LogP contribution in [0.5, 0.6) is 17.2 Å². The van der Waals surface area contributed by atoms with Gasteiger partial charge in [-0.2, -0.15) is 5.26 Å². The first-order valence-corrected chi connectivity index (χ1v) is 12.5. The van der Waals surface area contributed by atoms with Gasteiger partial charge >= 0.3 is 0 Å². The molecule has 0 aliphatic heterocycles. The molecule has 2 aromatic carbocycles. The summed E-state index contributed by atoms with van der Waals surface area (Å²) in [6.07, 6.45) is 4.04. The van der Waals surface area contributed by atoms with Gasteiger partial charge in [-0.1, -0.05) is 62.4 Å². The highest BCUT2D eigenvalue weighted by Gasteiger charge is 2.21. The third kappa shape index (κ3) is 7.66. The van der Waals surface area contributed by atoms with Gasteiger partial charge in [0, 0.05) is 5.41 Å². The summed E-state index contributed by atoms with van der Waals surface area (Å²) in [6, 6.07) is 14.9. The molecule has 0 spiro atoms. The van der Waals surface area contributed by atoms with Gasteiger partial charge in [-0.25, -0.2) is 0 Å². The second-order valence-corrected chi connectivity index (χ2v) is 9.97. The second-order valence-electron chi connectivity index (χ2n) is 8.99. The number of ether oxygens (including phenoxy) is 3. The quantitative estimate of drug-likeness (QED) is 0.153. The molecular formula is C28H30N4O4S. The van der Waals surface area contributed by atoms with Crippen LogP contribution in [0.15, 0.2) is 60.7 Å². The molecule has 9 heteroatoms. The maximum absolute atomic E-state index is 12.6. The van der Waals surface area contributed by atoms with Crippen molar-refractivity contribution in [1.82, 2.24) is 10.2 Å². The van der Waals surface area contributed by atoms with Crippen molar-refractivity contribution in [2.24, 2.45) is 0 Å². The zero-order valence-corrected chi connectivity index (χ0v) is 22.2. The highest BCUT2D eigenvalue weighted by atomic mass is 32.1. The van der Waals surface area contributed by atoms with Gasteiger partial charge in [0.2, 0.25) is 5.13 Å². The SMILES string of the molecule is C=CCc1ccccc1OCCOc1ccc(/C=C(\C#N)C(=O)Nc2nnc(C(C)(C)C)s2)cc1OC. The Kier molecular flexibility index (Phi) is 9.41. The molecule has 0 atom stereocenters. The van der Waals surface area contributed by atoms with Gasteiger partial charge in [-0.15, -0.1) is 16.8 Å². The summed E-state index contributed by atoms with van der Waals surface area (Å²) >= 11 is 1.28. The summed E-state index contributed by atoms with van der Waals surface area (Å²) in [4.78, 5) is 12.6. The molecule has 0 unspecified atom stereocenters. The fourth-order valence-corrected chi connectivity index (χ4v) is 4.02. The number of nitrogens with one attached hydrogen (secondary N) is 1. The van der Waals surface area contributed by atoms with Crippen LogP contribution in [-0.2, 0) is 16.6 Å². The highest BCUT2D eigenvalue weighted by Crippen LogP contribution is 2.30. The first kappa shape index (κ1) is 27.4. The van der Waals surface area contributed by atoms with Gasteiger partial charge in [0.25, 0.3) is 5.91 Å². The first-order chi connectivity index (χ1) is 17.7.